The lowest BCUT2D eigenvalue weighted by Gasteiger charge is -2.08. The molecule has 17 heavy (non-hydrogen) atoms. The van der Waals surface area contributed by atoms with Gasteiger partial charge in [-0.25, -0.2) is 0 Å². The van der Waals surface area contributed by atoms with Crippen LogP contribution in [0.4, 0.5) is 0 Å². The Bertz CT molecular complexity index is 386. The van der Waals surface area contributed by atoms with Crippen LogP contribution in [0.3, 0.4) is 0 Å². The van der Waals surface area contributed by atoms with Gasteiger partial charge < -0.3 is 10.1 Å². The Kier molecular flexibility index (Phi) is 7.02. The van der Waals surface area contributed by atoms with E-state index in [1.54, 1.807) is 13.2 Å². The van der Waals surface area contributed by atoms with Gasteiger partial charge in [0.2, 0.25) is 0 Å². The maximum absolute atomic E-state index is 11.8. The third-order valence-corrected chi connectivity index (χ3v) is 4.68. The lowest BCUT2D eigenvalue weighted by atomic mass is 10.3. The highest BCUT2D eigenvalue weighted by molar-refractivity contribution is 9.12. The first-order chi connectivity index (χ1) is 8.04. The van der Waals surface area contributed by atoms with Crippen molar-refractivity contribution in [2.75, 3.05) is 20.3 Å². The largest absolute Gasteiger partial charge is 0.383 e. The number of halogens is 3. The molecule has 1 unspecified atom stereocenters. The van der Waals surface area contributed by atoms with Crippen LogP contribution in [-0.2, 0) is 4.74 Å². The molecule has 0 aliphatic carbocycles. The van der Waals surface area contributed by atoms with Crippen molar-refractivity contribution in [3.8, 4) is 0 Å². The normalized spacial score (nSPS) is 12.5. The highest BCUT2D eigenvalue weighted by Crippen LogP contribution is 2.31. The van der Waals surface area contributed by atoms with Crippen molar-refractivity contribution in [1.82, 2.24) is 5.32 Å². The van der Waals surface area contributed by atoms with Crippen LogP contribution in [0.2, 0.25) is 0 Å². The molecule has 0 aliphatic heterocycles. The molecule has 0 spiro atoms. The summed E-state index contributed by atoms with van der Waals surface area (Å²) in [6.45, 7) is 1.03. The van der Waals surface area contributed by atoms with Crippen LogP contribution in [0, 0.1) is 0 Å². The minimum Gasteiger partial charge on any atom is -0.383 e. The third kappa shape index (κ3) is 5.26. The van der Waals surface area contributed by atoms with Crippen LogP contribution in [0.25, 0.3) is 0 Å². The number of nitrogens with one attached hydrogen (secondary N) is 1. The second kappa shape index (κ2) is 7.74. The van der Waals surface area contributed by atoms with Crippen LogP contribution in [0.1, 0.15) is 16.8 Å². The zero-order valence-electron chi connectivity index (χ0n) is 9.13. The second-order valence-corrected chi connectivity index (χ2v) is 7.70. The van der Waals surface area contributed by atoms with Crippen LogP contribution in [0.15, 0.2) is 13.6 Å². The Balaban J connectivity index is 2.37. The summed E-state index contributed by atoms with van der Waals surface area (Å²) in [5.41, 5.74) is 0.639. The first-order valence-electron chi connectivity index (χ1n) is 4.90. The van der Waals surface area contributed by atoms with Crippen LogP contribution < -0.4 is 5.32 Å². The Morgan fingerprint density at radius 3 is 2.88 bits per heavy atom. The fourth-order valence-electron chi connectivity index (χ4n) is 1.20. The second-order valence-electron chi connectivity index (χ2n) is 3.34. The van der Waals surface area contributed by atoms with Gasteiger partial charge in [-0.2, -0.15) is 0 Å². The van der Waals surface area contributed by atoms with Crippen molar-refractivity contribution in [2.24, 2.45) is 0 Å². The molecule has 1 aromatic heterocycles. The summed E-state index contributed by atoms with van der Waals surface area (Å²) < 4.78 is 6.65. The van der Waals surface area contributed by atoms with Gasteiger partial charge in [-0.05, 0) is 44.3 Å². The molecule has 1 heterocycles. The van der Waals surface area contributed by atoms with Gasteiger partial charge in [-0.1, -0.05) is 0 Å². The van der Waals surface area contributed by atoms with Crippen molar-refractivity contribution in [3.05, 3.63) is 19.2 Å². The summed E-state index contributed by atoms with van der Waals surface area (Å²) in [7, 11) is 1.61. The molecule has 96 valence electrons. The number of carbonyl (C=O) groups excluding carboxylic acids is 1. The molecule has 7 heteroatoms. The third-order valence-electron chi connectivity index (χ3n) is 1.99. The topological polar surface area (TPSA) is 38.3 Å². The van der Waals surface area contributed by atoms with Crippen molar-refractivity contribution in [1.29, 1.82) is 0 Å². The first kappa shape index (κ1) is 15.4. The summed E-state index contributed by atoms with van der Waals surface area (Å²) in [6, 6.07) is 1.79. The van der Waals surface area contributed by atoms with E-state index < -0.39 is 0 Å². The Labute approximate surface area is 126 Å². The SMILES string of the molecule is COCC(Cl)CCNC(=O)c1cc(Br)sc1Br. The number of rotatable bonds is 6. The fraction of sp³-hybridized carbons (Fsp3) is 0.500. The van der Waals surface area contributed by atoms with E-state index in [0.29, 0.717) is 25.1 Å². The molecular formula is C10H12Br2ClNO2S. The number of methoxy groups -OCH3 is 1. The number of thiophene rings is 1. The Morgan fingerprint density at radius 2 is 2.35 bits per heavy atom. The monoisotopic (exact) mass is 403 g/mol. The number of carbonyl (C=O) groups is 1. The van der Waals surface area contributed by atoms with Gasteiger partial charge >= 0.3 is 0 Å². The Hall–Kier alpha value is 0.380. The number of ether oxygens (including phenoxy) is 1. The summed E-state index contributed by atoms with van der Waals surface area (Å²) >= 11 is 14.1. The van der Waals surface area contributed by atoms with Gasteiger partial charge in [0.05, 0.1) is 25.1 Å². The molecule has 1 N–H and O–H groups in total. The molecule has 0 bridgehead atoms. The molecule has 3 nitrogen and oxygen atoms in total. The molecule has 0 aromatic carbocycles. The van der Waals surface area contributed by atoms with Crippen molar-refractivity contribution in [3.63, 3.8) is 0 Å². The van der Waals surface area contributed by atoms with Gasteiger partial charge in [0, 0.05) is 13.7 Å². The molecule has 0 saturated carbocycles. The van der Waals surface area contributed by atoms with E-state index in [1.165, 1.54) is 11.3 Å². The molecule has 1 atom stereocenters. The summed E-state index contributed by atoms with van der Waals surface area (Å²) in [5.74, 6) is -0.0971. The highest BCUT2D eigenvalue weighted by atomic mass is 79.9. The zero-order chi connectivity index (χ0) is 12.8. The quantitative estimate of drug-likeness (QED) is 0.734. The molecule has 0 radical (unpaired) electrons. The van der Waals surface area contributed by atoms with E-state index in [2.05, 4.69) is 37.2 Å². The van der Waals surface area contributed by atoms with Crippen molar-refractivity contribution < 1.29 is 9.53 Å². The van der Waals surface area contributed by atoms with E-state index in [-0.39, 0.29) is 11.3 Å². The van der Waals surface area contributed by atoms with E-state index in [4.69, 9.17) is 16.3 Å². The molecule has 1 rings (SSSR count). The van der Waals surface area contributed by atoms with E-state index in [1.807, 2.05) is 0 Å². The van der Waals surface area contributed by atoms with E-state index in [9.17, 15) is 4.79 Å². The number of hydrogen-bond acceptors (Lipinski definition) is 3. The summed E-state index contributed by atoms with van der Waals surface area (Å²) in [6.07, 6.45) is 0.685. The summed E-state index contributed by atoms with van der Waals surface area (Å²) in [4.78, 5) is 11.8. The van der Waals surface area contributed by atoms with Gasteiger partial charge in [-0.3, -0.25) is 4.79 Å². The standard InChI is InChI=1S/C10H12Br2ClNO2S/c1-16-5-6(13)2-3-14-10(15)7-4-8(11)17-9(7)12/h4,6H,2-3,5H2,1H3,(H,14,15). The van der Waals surface area contributed by atoms with E-state index in [0.717, 1.165) is 7.57 Å². The van der Waals surface area contributed by atoms with Crippen LogP contribution in [-0.4, -0.2) is 31.5 Å². The first-order valence-corrected chi connectivity index (χ1v) is 7.74. The van der Waals surface area contributed by atoms with E-state index >= 15 is 0 Å². The minimum absolute atomic E-state index is 0.0713. The predicted octanol–water partition coefficient (Wildman–Crippen LogP) is 3.65. The molecule has 0 aliphatic rings. The van der Waals surface area contributed by atoms with Crippen molar-refractivity contribution in [2.45, 2.75) is 11.8 Å². The maximum Gasteiger partial charge on any atom is 0.253 e. The van der Waals surface area contributed by atoms with Crippen molar-refractivity contribution >= 4 is 60.7 Å². The molecule has 0 saturated heterocycles. The average Bonchev–Trinajstić information content (AvgIpc) is 2.58. The Morgan fingerprint density at radius 1 is 1.65 bits per heavy atom. The molecule has 0 fully saturated rings. The summed E-state index contributed by atoms with van der Waals surface area (Å²) in [5, 5.41) is 2.75. The lowest BCUT2D eigenvalue weighted by Crippen LogP contribution is -2.26. The van der Waals surface area contributed by atoms with Crippen LogP contribution >= 0.6 is 54.8 Å². The number of alkyl halides is 1. The smallest absolute Gasteiger partial charge is 0.253 e. The fourth-order valence-corrected chi connectivity index (χ4v) is 4.23. The maximum atomic E-state index is 11.8. The molecule has 1 aromatic rings. The average molecular weight is 406 g/mol. The molecular weight excluding hydrogens is 393 g/mol. The zero-order valence-corrected chi connectivity index (χ0v) is 13.9. The predicted molar refractivity (Wildman–Crippen MR) is 78.2 cm³/mol. The van der Waals surface area contributed by atoms with Crippen LogP contribution in [0.5, 0.6) is 0 Å². The highest BCUT2D eigenvalue weighted by Gasteiger charge is 2.13. The number of hydrogen-bond donors (Lipinski definition) is 1. The lowest BCUT2D eigenvalue weighted by molar-refractivity contribution is 0.0951. The van der Waals surface area contributed by atoms with Gasteiger partial charge in [0.25, 0.3) is 5.91 Å². The van der Waals surface area contributed by atoms with Gasteiger partial charge in [-0.15, -0.1) is 22.9 Å². The minimum atomic E-state index is -0.0971. The van der Waals surface area contributed by atoms with Gasteiger partial charge in [0.1, 0.15) is 0 Å². The number of amides is 1. The molecule has 1 amide bonds. The van der Waals surface area contributed by atoms with Gasteiger partial charge in [0.15, 0.2) is 0 Å².